The van der Waals surface area contributed by atoms with Crippen LogP contribution >= 0.6 is 0 Å². The van der Waals surface area contributed by atoms with E-state index in [2.05, 4.69) is 40.0 Å². The predicted molar refractivity (Wildman–Crippen MR) is 118 cm³/mol. The van der Waals surface area contributed by atoms with E-state index in [9.17, 15) is 8.42 Å². The minimum Gasteiger partial charge on any atom is -0.497 e. The second-order valence-electron chi connectivity index (χ2n) is 7.70. The molecule has 6 nitrogen and oxygen atoms in total. The fourth-order valence-corrected chi connectivity index (χ4v) is 4.28. The van der Waals surface area contributed by atoms with Crippen molar-refractivity contribution in [2.75, 3.05) is 24.8 Å². The molecule has 1 aliphatic rings. The largest absolute Gasteiger partial charge is 0.497 e. The molecule has 0 aliphatic carbocycles. The van der Waals surface area contributed by atoms with Gasteiger partial charge in [-0.05, 0) is 43.0 Å². The molecule has 0 radical (unpaired) electrons. The zero-order valence-corrected chi connectivity index (χ0v) is 18.2. The van der Waals surface area contributed by atoms with Crippen molar-refractivity contribution in [3.63, 3.8) is 0 Å². The number of hydrogen-bond donors (Lipinski definition) is 0. The Kier molecular flexibility index (Phi) is 5.47. The van der Waals surface area contributed by atoms with E-state index in [4.69, 9.17) is 4.74 Å². The normalized spacial score (nSPS) is 14.2. The molecule has 1 aliphatic heterocycles. The third kappa shape index (κ3) is 4.31. The van der Waals surface area contributed by atoms with Gasteiger partial charge in [-0.25, -0.2) is 18.4 Å². The summed E-state index contributed by atoms with van der Waals surface area (Å²) in [6.07, 6.45) is 3.12. The average molecular weight is 424 g/mol. The molecule has 0 amide bonds. The number of ether oxygens (including phenoxy) is 1. The molecule has 0 atom stereocenters. The van der Waals surface area contributed by atoms with Crippen molar-refractivity contribution in [2.45, 2.75) is 31.5 Å². The van der Waals surface area contributed by atoms with Gasteiger partial charge in [-0.15, -0.1) is 0 Å². The van der Waals surface area contributed by atoms with E-state index in [1.165, 1.54) is 16.7 Å². The van der Waals surface area contributed by atoms with Gasteiger partial charge in [0.1, 0.15) is 11.6 Å². The summed E-state index contributed by atoms with van der Waals surface area (Å²) in [7, 11) is -1.97. The number of hydrogen-bond acceptors (Lipinski definition) is 6. The summed E-state index contributed by atoms with van der Waals surface area (Å²) in [5.41, 5.74) is 5.16. The lowest BCUT2D eigenvalue weighted by molar-refractivity contribution is 0.415. The van der Waals surface area contributed by atoms with Gasteiger partial charge in [-0.1, -0.05) is 35.9 Å². The monoisotopic (exact) mass is 423 g/mol. The summed E-state index contributed by atoms with van der Waals surface area (Å²) in [6.45, 7) is 3.57. The molecule has 156 valence electrons. The van der Waals surface area contributed by atoms with E-state index in [0.29, 0.717) is 23.8 Å². The second-order valence-corrected chi connectivity index (χ2v) is 9.60. The third-order valence-corrected chi connectivity index (χ3v) is 6.16. The number of sulfone groups is 1. The van der Waals surface area contributed by atoms with Crippen LogP contribution in [0.2, 0.25) is 0 Å². The molecular formula is C23H25N3O3S. The molecule has 1 aromatic heterocycles. The van der Waals surface area contributed by atoms with Gasteiger partial charge < -0.3 is 9.64 Å². The number of fused-ring (bicyclic) bond motifs is 1. The minimum atomic E-state index is -3.57. The lowest BCUT2D eigenvalue weighted by Crippen LogP contribution is -2.24. The van der Waals surface area contributed by atoms with Gasteiger partial charge >= 0.3 is 0 Å². The molecule has 0 unspecified atom stereocenters. The lowest BCUT2D eigenvalue weighted by atomic mass is 10.0. The Morgan fingerprint density at radius 1 is 1.03 bits per heavy atom. The first-order valence-electron chi connectivity index (χ1n) is 9.90. The number of aromatic nitrogens is 2. The van der Waals surface area contributed by atoms with Gasteiger partial charge in [0.05, 0.1) is 12.8 Å². The van der Waals surface area contributed by atoms with Gasteiger partial charge in [0.25, 0.3) is 0 Å². The van der Waals surface area contributed by atoms with Crippen LogP contribution in [0.5, 0.6) is 5.75 Å². The topological polar surface area (TPSA) is 72.4 Å². The zero-order valence-electron chi connectivity index (χ0n) is 17.4. The Hall–Kier alpha value is -2.93. The first kappa shape index (κ1) is 20.3. The quantitative estimate of drug-likeness (QED) is 0.594. The number of aryl methyl sites for hydroxylation is 2. The summed E-state index contributed by atoms with van der Waals surface area (Å²) < 4.78 is 29.9. The number of rotatable bonds is 4. The van der Waals surface area contributed by atoms with E-state index in [1.807, 2.05) is 30.3 Å². The maximum atomic E-state index is 12.3. The fraction of sp³-hybridized carbons (Fsp3) is 0.304. The highest BCUT2D eigenvalue weighted by atomic mass is 32.2. The molecule has 0 spiro atoms. The van der Waals surface area contributed by atoms with Crippen LogP contribution in [-0.2, 0) is 22.8 Å². The smallest absolute Gasteiger partial charge is 0.249 e. The number of methoxy groups -OCH3 is 1. The molecular weight excluding hydrogens is 398 g/mol. The van der Waals surface area contributed by atoms with Crippen molar-refractivity contribution < 1.29 is 13.2 Å². The van der Waals surface area contributed by atoms with Gasteiger partial charge in [-0.2, -0.15) is 0 Å². The van der Waals surface area contributed by atoms with Crippen molar-refractivity contribution >= 4 is 15.7 Å². The molecule has 2 aromatic carbocycles. The average Bonchev–Trinajstić information content (AvgIpc) is 2.95. The number of benzene rings is 2. The van der Waals surface area contributed by atoms with Crippen LogP contribution in [0.25, 0.3) is 11.3 Å². The molecule has 4 rings (SSSR count). The fourth-order valence-electron chi connectivity index (χ4n) is 3.76. The first-order chi connectivity index (χ1) is 14.3. The maximum absolute atomic E-state index is 12.3. The number of nitrogens with zero attached hydrogens (tertiary/aromatic N) is 3. The van der Waals surface area contributed by atoms with Crippen LogP contribution in [0.1, 0.15) is 23.1 Å². The van der Waals surface area contributed by atoms with E-state index >= 15 is 0 Å². The summed E-state index contributed by atoms with van der Waals surface area (Å²) in [5, 5.41) is -0.161. The Morgan fingerprint density at radius 2 is 1.87 bits per heavy atom. The Balaban J connectivity index is 1.81. The van der Waals surface area contributed by atoms with Gasteiger partial charge in [0.2, 0.25) is 15.0 Å². The van der Waals surface area contributed by atoms with Gasteiger partial charge in [0.15, 0.2) is 0 Å². The molecule has 0 saturated heterocycles. The van der Waals surface area contributed by atoms with Crippen LogP contribution in [0.3, 0.4) is 0 Å². The summed E-state index contributed by atoms with van der Waals surface area (Å²) in [5.74, 6) is 1.31. The molecule has 0 bridgehead atoms. The van der Waals surface area contributed by atoms with Gasteiger partial charge in [0, 0.05) is 31.0 Å². The van der Waals surface area contributed by atoms with Crippen LogP contribution < -0.4 is 9.64 Å². The van der Waals surface area contributed by atoms with Crippen molar-refractivity contribution in [3.8, 4) is 17.0 Å². The molecule has 7 heteroatoms. The van der Waals surface area contributed by atoms with Crippen molar-refractivity contribution in [3.05, 3.63) is 65.2 Å². The third-order valence-electron chi connectivity index (χ3n) is 5.31. The molecule has 2 heterocycles. The van der Waals surface area contributed by atoms with Crippen molar-refractivity contribution in [1.82, 2.24) is 9.97 Å². The molecule has 0 saturated carbocycles. The lowest BCUT2D eigenvalue weighted by Gasteiger charge is -2.23. The van der Waals surface area contributed by atoms with E-state index in [1.54, 1.807) is 7.11 Å². The Labute approximate surface area is 177 Å². The SMILES string of the molecule is COc1cccc(-c2cc(N3CCCc4ccc(C)cc4C3)nc(S(C)(=O)=O)n2)c1. The molecule has 3 aromatic rings. The number of anilines is 1. The zero-order chi connectivity index (χ0) is 21.3. The molecule has 30 heavy (non-hydrogen) atoms. The highest BCUT2D eigenvalue weighted by Gasteiger charge is 2.21. The first-order valence-corrected chi connectivity index (χ1v) is 11.8. The van der Waals surface area contributed by atoms with E-state index < -0.39 is 9.84 Å². The highest BCUT2D eigenvalue weighted by Crippen LogP contribution is 2.29. The van der Waals surface area contributed by atoms with Crippen molar-refractivity contribution in [1.29, 1.82) is 0 Å². The van der Waals surface area contributed by atoms with Crippen LogP contribution in [-0.4, -0.2) is 38.3 Å². The maximum Gasteiger partial charge on any atom is 0.249 e. The van der Waals surface area contributed by atoms with Crippen molar-refractivity contribution in [2.24, 2.45) is 0 Å². The van der Waals surface area contributed by atoms with Crippen LogP contribution in [0.4, 0.5) is 5.82 Å². The molecule has 0 fully saturated rings. The second kappa shape index (κ2) is 8.07. The van der Waals surface area contributed by atoms with Crippen LogP contribution in [0.15, 0.2) is 53.7 Å². The molecule has 0 N–H and O–H groups in total. The van der Waals surface area contributed by atoms with Gasteiger partial charge in [-0.3, -0.25) is 0 Å². The van der Waals surface area contributed by atoms with E-state index in [0.717, 1.165) is 31.2 Å². The summed E-state index contributed by atoms with van der Waals surface area (Å²) in [6, 6.07) is 15.8. The minimum absolute atomic E-state index is 0.161. The van der Waals surface area contributed by atoms with E-state index in [-0.39, 0.29) is 5.16 Å². The Morgan fingerprint density at radius 3 is 2.63 bits per heavy atom. The highest BCUT2D eigenvalue weighted by molar-refractivity contribution is 7.90. The summed E-state index contributed by atoms with van der Waals surface area (Å²) >= 11 is 0. The Bertz CT molecular complexity index is 1190. The van der Waals surface area contributed by atoms with Crippen LogP contribution in [0, 0.1) is 6.92 Å². The standard InChI is InChI=1S/C23H25N3O3S/c1-16-9-10-17-7-5-11-26(15-19(17)12-16)22-14-21(24-23(25-22)30(3,27)28)18-6-4-8-20(13-18)29-2/h4,6,8-10,12-14H,5,7,11,15H2,1-3H3. The predicted octanol–water partition coefficient (Wildman–Crippen LogP) is 3.82. The summed E-state index contributed by atoms with van der Waals surface area (Å²) in [4.78, 5) is 10.9.